The van der Waals surface area contributed by atoms with Crippen molar-refractivity contribution in [3.05, 3.63) is 65.7 Å². The summed E-state index contributed by atoms with van der Waals surface area (Å²) in [6, 6.07) is 20.3. The molecule has 1 fully saturated rings. The normalized spacial score (nSPS) is 25.1. The largest absolute Gasteiger partial charge is 0.298 e. The van der Waals surface area contributed by atoms with Gasteiger partial charge in [0.15, 0.2) is 0 Å². The van der Waals surface area contributed by atoms with Crippen LogP contribution >= 0.6 is 7.92 Å². The highest BCUT2D eigenvalue weighted by Crippen LogP contribution is 2.49. The van der Waals surface area contributed by atoms with Crippen molar-refractivity contribution < 1.29 is 0 Å². The number of hydrogen-bond donors (Lipinski definition) is 0. The van der Waals surface area contributed by atoms with Crippen LogP contribution < -0.4 is 5.30 Å². The Morgan fingerprint density at radius 2 is 1.73 bits per heavy atom. The summed E-state index contributed by atoms with van der Waals surface area (Å²) in [7, 11) is 0.0625. The van der Waals surface area contributed by atoms with Crippen molar-refractivity contribution in [3.8, 4) is 0 Å². The van der Waals surface area contributed by atoms with Crippen molar-refractivity contribution in [1.82, 2.24) is 4.90 Å². The van der Waals surface area contributed by atoms with E-state index in [-0.39, 0.29) is 7.92 Å². The molecule has 114 valence electrons. The lowest BCUT2D eigenvalue weighted by Gasteiger charge is -2.32. The Hall–Kier alpha value is -1.17. The van der Waals surface area contributed by atoms with Crippen LogP contribution in [0, 0.1) is 0 Å². The van der Waals surface area contributed by atoms with Crippen LogP contribution in [0.25, 0.3) is 0 Å². The molecule has 0 radical (unpaired) electrons. The van der Waals surface area contributed by atoms with Crippen molar-refractivity contribution in [3.63, 3.8) is 0 Å². The Balaban J connectivity index is 1.45. The van der Waals surface area contributed by atoms with Gasteiger partial charge in [0.25, 0.3) is 0 Å². The second-order valence-corrected chi connectivity index (χ2v) is 9.21. The quantitative estimate of drug-likeness (QED) is 0.774. The molecule has 2 aliphatic heterocycles. The fourth-order valence-electron chi connectivity index (χ4n) is 3.99. The Labute approximate surface area is 135 Å². The van der Waals surface area contributed by atoms with E-state index in [9.17, 15) is 0 Å². The zero-order chi connectivity index (χ0) is 14.8. The molecule has 0 amide bonds. The summed E-state index contributed by atoms with van der Waals surface area (Å²) in [5, 5.41) is 1.62. The topological polar surface area (TPSA) is 3.24 Å². The Morgan fingerprint density at radius 3 is 2.59 bits per heavy atom. The lowest BCUT2D eigenvalue weighted by Crippen LogP contribution is -2.36. The molecule has 1 nitrogen and oxygen atoms in total. The molecule has 22 heavy (non-hydrogen) atoms. The third kappa shape index (κ3) is 2.98. The van der Waals surface area contributed by atoms with E-state index in [1.807, 2.05) is 0 Å². The van der Waals surface area contributed by atoms with Crippen molar-refractivity contribution in [2.75, 3.05) is 19.3 Å². The lowest BCUT2D eigenvalue weighted by atomic mass is 10.00. The summed E-state index contributed by atoms with van der Waals surface area (Å²) in [6.07, 6.45) is 5.52. The Kier molecular flexibility index (Phi) is 4.28. The molecule has 0 aromatic heterocycles. The Morgan fingerprint density at radius 1 is 0.955 bits per heavy atom. The van der Waals surface area contributed by atoms with Gasteiger partial charge in [-0.2, -0.15) is 0 Å². The maximum absolute atomic E-state index is 2.70. The molecule has 4 rings (SSSR count). The van der Waals surface area contributed by atoms with E-state index in [4.69, 9.17) is 0 Å². The molecule has 0 bridgehead atoms. The smallest absolute Gasteiger partial charge is 0.0236 e. The van der Waals surface area contributed by atoms with Crippen LogP contribution in [0.2, 0.25) is 0 Å². The molecule has 0 aliphatic carbocycles. The van der Waals surface area contributed by atoms with Crippen LogP contribution in [0.4, 0.5) is 0 Å². The molecule has 2 heteroatoms. The van der Waals surface area contributed by atoms with Crippen molar-refractivity contribution >= 4 is 13.2 Å². The molecular weight excluding hydrogens is 285 g/mol. The van der Waals surface area contributed by atoms with Gasteiger partial charge < -0.3 is 0 Å². The van der Waals surface area contributed by atoms with Gasteiger partial charge in [-0.05, 0) is 47.5 Å². The maximum atomic E-state index is 2.70. The van der Waals surface area contributed by atoms with Crippen LogP contribution in [-0.2, 0) is 13.0 Å². The van der Waals surface area contributed by atoms with Crippen LogP contribution in [0.1, 0.15) is 24.0 Å². The fraction of sp³-hybridized carbons (Fsp3) is 0.400. The highest BCUT2D eigenvalue weighted by atomic mass is 31.1. The molecule has 2 aromatic carbocycles. The predicted octanol–water partition coefficient (Wildman–Crippen LogP) is 4.01. The highest BCUT2D eigenvalue weighted by Gasteiger charge is 2.30. The lowest BCUT2D eigenvalue weighted by molar-refractivity contribution is 0.253. The van der Waals surface area contributed by atoms with E-state index in [2.05, 4.69) is 59.5 Å². The van der Waals surface area contributed by atoms with E-state index in [0.29, 0.717) is 0 Å². The van der Waals surface area contributed by atoms with Gasteiger partial charge in [0, 0.05) is 19.6 Å². The molecule has 1 unspecified atom stereocenters. The molecular formula is C20H24NP. The van der Waals surface area contributed by atoms with E-state index in [0.717, 1.165) is 12.2 Å². The van der Waals surface area contributed by atoms with Gasteiger partial charge in [-0.15, -0.1) is 0 Å². The van der Waals surface area contributed by atoms with Gasteiger partial charge in [-0.3, -0.25) is 4.90 Å². The molecule has 0 N–H and O–H groups in total. The number of benzene rings is 2. The zero-order valence-corrected chi connectivity index (χ0v) is 14.0. The van der Waals surface area contributed by atoms with Crippen molar-refractivity contribution in [2.45, 2.75) is 31.5 Å². The molecule has 0 saturated carbocycles. The average Bonchev–Trinajstić information content (AvgIpc) is 3.04. The van der Waals surface area contributed by atoms with Crippen LogP contribution in [0.15, 0.2) is 54.6 Å². The van der Waals surface area contributed by atoms with Gasteiger partial charge in [0.2, 0.25) is 0 Å². The summed E-state index contributed by atoms with van der Waals surface area (Å²) < 4.78 is 0. The second kappa shape index (κ2) is 6.52. The number of fused-ring (bicyclic) bond motifs is 1. The van der Waals surface area contributed by atoms with Gasteiger partial charge in [0.1, 0.15) is 0 Å². The number of nitrogens with zero attached hydrogens (tertiary/aromatic N) is 1. The first kappa shape index (κ1) is 14.4. The summed E-state index contributed by atoms with van der Waals surface area (Å²) in [6.45, 7) is 3.70. The van der Waals surface area contributed by atoms with E-state index < -0.39 is 0 Å². The predicted molar refractivity (Wildman–Crippen MR) is 96.3 cm³/mol. The standard InChI is InChI=1S/C20H24NP/c1-2-9-19(10-3-1)22-14-6-11-20(22)16-21-13-12-17-7-4-5-8-18(17)15-21/h1-5,7-10,20H,6,11-16H2/t20-,22?/m1/s1. The molecule has 0 spiro atoms. The third-order valence-electron chi connectivity index (χ3n) is 5.14. The van der Waals surface area contributed by atoms with E-state index in [1.54, 1.807) is 16.4 Å². The van der Waals surface area contributed by atoms with Crippen molar-refractivity contribution in [2.24, 2.45) is 0 Å². The SMILES string of the molecule is c1ccc(P2CCC[C@@H]2CN2CCc3ccccc3C2)cc1. The van der Waals surface area contributed by atoms with Gasteiger partial charge >= 0.3 is 0 Å². The molecule has 2 heterocycles. The Bertz CT molecular complexity index is 625. The monoisotopic (exact) mass is 309 g/mol. The first-order chi connectivity index (χ1) is 10.9. The highest BCUT2D eigenvalue weighted by molar-refractivity contribution is 7.66. The maximum Gasteiger partial charge on any atom is 0.0236 e. The molecule has 1 saturated heterocycles. The fourth-order valence-corrected chi connectivity index (χ4v) is 7.04. The van der Waals surface area contributed by atoms with Crippen molar-refractivity contribution in [1.29, 1.82) is 0 Å². The van der Waals surface area contributed by atoms with Gasteiger partial charge in [0.05, 0.1) is 0 Å². The minimum Gasteiger partial charge on any atom is -0.298 e. The van der Waals surface area contributed by atoms with Crippen LogP contribution in [0.5, 0.6) is 0 Å². The zero-order valence-electron chi connectivity index (χ0n) is 13.1. The van der Waals surface area contributed by atoms with E-state index >= 15 is 0 Å². The third-order valence-corrected chi connectivity index (χ3v) is 8.21. The minimum atomic E-state index is 0.0625. The summed E-state index contributed by atoms with van der Waals surface area (Å²) in [5.41, 5.74) is 4.02. The first-order valence-electron chi connectivity index (χ1n) is 8.51. The second-order valence-electron chi connectivity index (χ2n) is 6.58. The summed E-state index contributed by atoms with van der Waals surface area (Å²) in [5.74, 6) is 0. The first-order valence-corrected chi connectivity index (χ1v) is 10.1. The summed E-state index contributed by atoms with van der Waals surface area (Å²) >= 11 is 0. The molecule has 2 aliphatic rings. The average molecular weight is 309 g/mol. The van der Waals surface area contributed by atoms with E-state index in [1.165, 1.54) is 38.5 Å². The number of rotatable bonds is 3. The minimum absolute atomic E-state index is 0.0625. The molecule has 2 aromatic rings. The molecule has 2 atom stereocenters. The van der Waals surface area contributed by atoms with Gasteiger partial charge in [-0.25, -0.2) is 0 Å². The van der Waals surface area contributed by atoms with Crippen LogP contribution in [0.3, 0.4) is 0 Å². The number of hydrogen-bond acceptors (Lipinski definition) is 1. The van der Waals surface area contributed by atoms with Gasteiger partial charge in [-0.1, -0.05) is 62.5 Å². The van der Waals surface area contributed by atoms with Crippen LogP contribution in [-0.4, -0.2) is 29.8 Å². The summed E-state index contributed by atoms with van der Waals surface area (Å²) in [4.78, 5) is 2.70.